The number of nitrogen functional groups attached to an aromatic ring is 1. The Hall–Kier alpha value is -1.38. The fraction of sp³-hybridized carbons (Fsp3) is 0.455. The Morgan fingerprint density at radius 1 is 1.43 bits per heavy atom. The van der Waals surface area contributed by atoms with E-state index in [0.29, 0.717) is 17.7 Å². The van der Waals surface area contributed by atoms with Gasteiger partial charge in [-0.3, -0.25) is 9.78 Å². The van der Waals surface area contributed by atoms with E-state index in [-0.39, 0.29) is 11.2 Å². The third-order valence-corrected chi connectivity index (χ3v) is 2.58. The van der Waals surface area contributed by atoms with E-state index in [2.05, 4.69) is 18.8 Å². The molecule has 2 N–H and O–H groups in total. The van der Waals surface area contributed by atoms with Crippen molar-refractivity contribution >= 4 is 11.5 Å². The summed E-state index contributed by atoms with van der Waals surface area (Å²) in [6.45, 7) is 4.18. The topological polar surface area (TPSA) is 56.0 Å². The molecule has 1 aliphatic carbocycles. The molecule has 0 aliphatic heterocycles. The lowest BCUT2D eigenvalue weighted by Crippen LogP contribution is -2.27. The molecular weight excluding hydrogens is 176 g/mol. The number of anilines is 1. The maximum absolute atomic E-state index is 11.8. The number of fused-ring (bicyclic) bond motifs is 1. The van der Waals surface area contributed by atoms with Crippen LogP contribution in [0.3, 0.4) is 0 Å². The van der Waals surface area contributed by atoms with Crippen molar-refractivity contribution in [1.29, 1.82) is 0 Å². The van der Waals surface area contributed by atoms with Crippen molar-refractivity contribution in [3.8, 4) is 0 Å². The number of hydrogen-bond donors (Lipinski definition) is 1. The molecule has 0 spiro atoms. The number of pyridine rings is 1. The maximum Gasteiger partial charge on any atom is 0.165 e. The average molecular weight is 190 g/mol. The minimum atomic E-state index is 0.0349. The van der Waals surface area contributed by atoms with Crippen molar-refractivity contribution < 1.29 is 4.79 Å². The fourth-order valence-electron chi connectivity index (χ4n) is 1.94. The molecule has 1 aromatic heterocycles. The largest absolute Gasteiger partial charge is 0.397 e. The summed E-state index contributed by atoms with van der Waals surface area (Å²) in [5, 5.41) is 0. The van der Waals surface area contributed by atoms with Crippen LogP contribution in [-0.2, 0) is 6.42 Å². The van der Waals surface area contributed by atoms with Gasteiger partial charge in [0.1, 0.15) is 0 Å². The summed E-state index contributed by atoms with van der Waals surface area (Å²) in [6, 6.07) is 1.74. The van der Waals surface area contributed by atoms with Crippen LogP contribution in [0.2, 0.25) is 0 Å². The van der Waals surface area contributed by atoms with Gasteiger partial charge in [0.15, 0.2) is 5.78 Å². The number of nitrogens with two attached hydrogens (primary N) is 1. The van der Waals surface area contributed by atoms with Gasteiger partial charge in [-0.15, -0.1) is 0 Å². The molecule has 0 amide bonds. The maximum atomic E-state index is 11.8. The van der Waals surface area contributed by atoms with Crippen LogP contribution in [0, 0.1) is 5.41 Å². The van der Waals surface area contributed by atoms with Gasteiger partial charge in [-0.1, -0.05) is 13.8 Å². The third kappa shape index (κ3) is 1.50. The van der Waals surface area contributed by atoms with E-state index in [1.165, 1.54) is 0 Å². The summed E-state index contributed by atoms with van der Waals surface area (Å²) in [7, 11) is 0. The van der Waals surface area contributed by atoms with Crippen molar-refractivity contribution in [2.24, 2.45) is 5.41 Å². The standard InChI is InChI=1S/C11H14N2O/c1-11(2)4-9-8(10(14)5-11)3-7(12)6-13-9/h3,6H,4-5,12H2,1-2H3. The zero-order chi connectivity index (χ0) is 10.3. The summed E-state index contributed by atoms with van der Waals surface area (Å²) < 4.78 is 0. The summed E-state index contributed by atoms with van der Waals surface area (Å²) in [6.07, 6.45) is 3.06. The Bertz CT molecular complexity index is 396. The lowest BCUT2D eigenvalue weighted by molar-refractivity contribution is 0.0910. The summed E-state index contributed by atoms with van der Waals surface area (Å²) in [4.78, 5) is 16.0. The highest BCUT2D eigenvalue weighted by Crippen LogP contribution is 2.33. The van der Waals surface area contributed by atoms with Crippen LogP contribution in [0.4, 0.5) is 5.69 Å². The molecule has 1 aliphatic rings. The van der Waals surface area contributed by atoms with Crippen LogP contribution in [-0.4, -0.2) is 10.8 Å². The van der Waals surface area contributed by atoms with Crippen molar-refractivity contribution in [2.75, 3.05) is 5.73 Å². The van der Waals surface area contributed by atoms with E-state index < -0.39 is 0 Å². The molecule has 3 nitrogen and oxygen atoms in total. The predicted octanol–water partition coefficient (Wildman–Crippen LogP) is 1.82. The van der Waals surface area contributed by atoms with E-state index in [1.807, 2.05) is 0 Å². The first-order chi connectivity index (χ1) is 6.48. The fourth-order valence-corrected chi connectivity index (χ4v) is 1.94. The first-order valence-corrected chi connectivity index (χ1v) is 4.75. The van der Waals surface area contributed by atoms with Gasteiger partial charge >= 0.3 is 0 Å². The van der Waals surface area contributed by atoms with Gasteiger partial charge in [0.25, 0.3) is 0 Å². The van der Waals surface area contributed by atoms with Crippen LogP contribution in [0.25, 0.3) is 0 Å². The van der Waals surface area contributed by atoms with Crippen LogP contribution in [0.5, 0.6) is 0 Å². The molecule has 0 saturated carbocycles. The van der Waals surface area contributed by atoms with Crippen molar-refractivity contribution in [3.05, 3.63) is 23.5 Å². The summed E-state index contributed by atoms with van der Waals surface area (Å²) in [5.74, 6) is 0.163. The molecule has 1 heterocycles. The Balaban J connectivity index is 2.50. The second-order valence-electron chi connectivity index (χ2n) is 4.70. The van der Waals surface area contributed by atoms with Crippen LogP contribution >= 0.6 is 0 Å². The van der Waals surface area contributed by atoms with Gasteiger partial charge in [0.2, 0.25) is 0 Å². The first kappa shape index (κ1) is 9.19. The molecule has 0 saturated heterocycles. The lowest BCUT2D eigenvalue weighted by Gasteiger charge is -2.29. The van der Waals surface area contributed by atoms with Gasteiger partial charge in [-0.2, -0.15) is 0 Å². The molecular formula is C11H14N2O. The van der Waals surface area contributed by atoms with Gasteiger partial charge in [-0.05, 0) is 17.9 Å². The number of ketones is 1. The van der Waals surface area contributed by atoms with Gasteiger partial charge < -0.3 is 5.73 Å². The lowest BCUT2D eigenvalue weighted by atomic mass is 9.75. The predicted molar refractivity (Wildman–Crippen MR) is 55.1 cm³/mol. The average Bonchev–Trinajstić information content (AvgIpc) is 2.05. The molecule has 0 atom stereocenters. The van der Waals surface area contributed by atoms with Crippen LogP contribution < -0.4 is 5.73 Å². The second kappa shape index (κ2) is 2.80. The molecule has 0 unspecified atom stereocenters. The number of carbonyl (C=O) groups is 1. The Morgan fingerprint density at radius 3 is 2.86 bits per heavy atom. The minimum absolute atomic E-state index is 0.0349. The Morgan fingerprint density at radius 2 is 2.14 bits per heavy atom. The second-order valence-corrected chi connectivity index (χ2v) is 4.70. The van der Waals surface area contributed by atoms with E-state index in [9.17, 15) is 4.79 Å². The van der Waals surface area contributed by atoms with E-state index >= 15 is 0 Å². The molecule has 3 heteroatoms. The van der Waals surface area contributed by atoms with E-state index in [0.717, 1.165) is 12.1 Å². The Labute approximate surface area is 83.3 Å². The number of rotatable bonds is 0. The SMILES string of the molecule is CC1(C)CC(=O)c2cc(N)cnc2C1. The minimum Gasteiger partial charge on any atom is -0.397 e. The smallest absolute Gasteiger partial charge is 0.165 e. The van der Waals surface area contributed by atoms with Crippen LogP contribution in [0.15, 0.2) is 12.3 Å². The first-order valence-electron chi connectivity index (χ1n) is 4.75. The highest BCUT2D eigenvalue weighted by atomic mass is 16.1. The van der Waals surface area contributed by atoms with Crippen molar-refractivity contribution in [1.82, 2.24) is 4.98 Å². The molecule has 0 fully saturated rings. The normalized spacial score (nSPS) is 19.1. The summed E-state index contributed by atoms with van der Waals surface area (Å²) >= 11 is 0. The highest BCUT2D eigenvalue weighted by molar-refractivity contribution is 5.99. The molecule has 0 radical (unpaired) electrons. The highest BCUT2D eigenvalue weighted by Gasteiger charge is 2.31. The molecule has 74 valence electrons. The third-order valence-electron chi connectivity index (χ3n) is 2.58. The molecule has 14 heavy (non-hydrogen) atoms. The van der Waals surface area contributed by atoms with Crippen molar-refractivity contribution in [3.63, 3.8) is 0 Å². The van der Waals surface area contributed by atoms with E-state index in [1.54, 1.807) is 12.3 Å². The number of Topliss-reactive ketones (excluding diaryl/α,β-unsaturated/α-hetero) is 1. The molecule has 2 rings (SSSR count). The molecule has 1 aromatic rings. The quantitative estimate of drug-likeness (QED) is 0.678. The number of aromatic nitrogens is 1. The molecule has 0 aromatic carbocycles. The summed E-state index contributed by atoms with van der Waals surface area (Å²) in [5.41, 5.74) is 7.80. The number of hydrogen-bond acceptors (Lipinski definition) is 3. The number of nitrogens with zero attached hydrogens (tertiary/aromatic N) is 1. The van der Waals surface area contributed by atoms with Crippen LogP contribution in [0.1, 0.15) is 36.3 Å². The van der Waals surface area contributed by atoms with Gasteiger partial charge in [0.05, 0.1) is 17.6 Å². The Kier molecular flexibility index (Phi) is 1.84. The molecule has 0 bridgehead atoms. The zero-order valence-electron chi connectivity index (χ0n) is 8.50. The van der Waals surface area contributed by atoms with Crippen molar-refractivity contribution in [2.45, 2.75) is 26.7 Å². The number of carbonyl (C=O) groups excluding carboxylic acids is 1. The van der Waals surface area contributed by atoms with Gasteiger partial charge in [-0.25, -0.2) is 0 Å². The zero-order valence-corrected chi connectivity index (χ0v) is 8.50. The monoisotopic (exact) mass is 190 g/mol. The van der Waals surface area contributed by atoms with Gasteiger partial charge in [0, 0.05) is 12.0 Å². The van der Waals surface area contributed by atoms with E-state index in [4.69, 9.17) is 5.73 Å².